The van der Waals surface area contributed by atoms with E-state index in [0.717, 1.165) is 22.4 Å². The monoisotopic (exact) mass is 411 g/mol. The Morgan fingerprint density at radius 2 is 2.13 bits per heavy atom. The Labute approximate surface area is 174 Å². The maximum atomic E-state index is 12.3. The van der Waals surface area contributed by atoms with Gasteiger partial charge in [-0.3, -0.25) is 9.69 Å². The fourth-order valence-corrected chi connectivity index (χ4v) is 3.05. The highest BCUT2D eigenvalue weighted by molar-refractivity contribution is 5.91. The number of carbonyl (C=O) groups excluding carboxylic acids is 2. The molecule has 0 unspecified atom stereocenters. The standard InChI is InChI=1S/C20H25N7O3/c1-12-8-15(16-5-7-19(23-9-16)25-26-24-13(2)21)4-6-18(12)27-11-17(30-20(27)29)10-22-14(3)28/h4-9,17H,10-11,25H2,1-3H3,(H2,21,24)(H,22,28)/t17-/m0/s1. The normalized spacial score (nSPS) is 16.4. The topological polar surface area (TPSA) is 141 Å². The number of nitrogens with one attached hydrogen (secondary N) is 1. The summed E-state index contributed by atoms with van der Waals surface area (Å²) >= 11 is 0. The summed E-state index contributed by atoms with van der Waals surface area (Å²) in [6.45, 7) is 5.71. The molecule has 0 aliphatic carbocycles. The van der Waals surface area contributed by atoms with Gasteiger partial charge in [-0.15, -0.1) is 0 Å². The number of hydrogen-bond donors (Lipinski definition) is 3. The minimum atomic E-state index is -0.415. The first kappa shape index (κ1) is 21.1. The van der Waals surface area contributed by atoms with Crippen LogP contribution >= 0.6 is 0 Å². The Balaban J connectivity index is 1.69. The predicted molar refractivity (Wildman–Crippen MR) is 113 cm³/mol. The first-order valence-electron chi connectivity index (χ1n) is 9.46. The Bertz CT molecular complexity index is 955. The Morgan fingerprint density at radius 3 is 2.77 bits per heavy atom. The molecule has 1 atom stereocenters. The molecule has 0 radical (unpaired) electrons. The van der Waals surface area contributed by atoms with Crippen LogP contribution in [0.3, 0.4) is 0 Å². The third-order valence-electron chi connectivity index (χ3n) is 4.47. The summed E-state index contributed by atoms with van der Waals surface area (Å²) in [5.74, 6) is 0.891. The summed E-state index contributed by atoms with van der Waals surface area (Å²) in [6.07, 6.45) is 0.968. The lowest BCUT2D eigenvalue weighted by molar-refractivity contribution is -0.524. The van der Waals surface area contributed by atoms with E-state index in [1.165, 1.54) is 12.3 Å². The van der Waals surface area contributed by atoms with Gasteiger partial charge in [0, 0.05) is 24.8 Å². The van der Waals surface area contributed by atoms with Crippen LogP contribution in [0.15, 0.2) is 41.6 Å². The van der Waals surface area contributed by atoms with Crippen LogP contribution in [-0.4, -0.2) is 42.0 Å². The molecule has 5 N–H and O–H groups in total. The first-order chi connectivity index (χ1) is 14.3. The van der Waals surface area contributed by atoms with Crippen molar-refractivity contribution >= 4 is 29.3 Å². The van der Waals surface area contributed by atoms with Crippen LogP contribution in [-0.2, 0) is 9.53 Å². The van der Waals surface area contributed by atoms with Gasteiger partial charge in [0.15, 0.2) is 0 Å². The van der Waals surface area contributed by atoms with Crippen molar-refractivity contribution in [2.75, 3.05) is 18.0 Å². The summed E-state index contributed by atoms with van der Waals surface area (Å²) in [7, 11) is 0. The quantitative estimate of drug-likeness (QED) is 0.272. The van der Waals surface area contributed by atoms with Crippen molar-refractivity contribution in [2.45, 2.75) is 26.9 Å². The number of ether oxygens (including phenoxy) is 1. The number of amides is 2. The predicted octanol–water partition coefficient (Wildman–Crippen LogP) is 1.29. The van der Waals surface area contributed by atoms with Crippen molar-refractivity contribution in [1.82, 2.24) is 10.3 Å². The second-order valence-electron chi connectivity index (χ2n) is 7.01. The van der Waals surface area contributed by atoms with E-state index in [-0.39, 0.29) is 12.0 Å². The number of benzene rings is 1. The van der Waals surface area contributed by atoms with Gasteiger partial charge in [0.25, 0.3) is 0 Å². The first-order valence-corrected chi connectivity index (χ1v) is 9.46. The Kier molecular flexibility index (Phi) is 6.48. The summed E-state index contributed by atoms with van der Waals surface area (Å²) in [5.41, 5.74) is 14.5. The van der Waals surface area contributed by atoms with Gasteiger partial charge < -0.3 is 31.8 Å². The number of rotatable bonds is 7. The van der Waals surface area contributed by atoms with Crippen LogP contribution < -0.4 is 21.4 Å². The zero-order valence-electron chi connectivity index (χ0n) is 17.1. The number of nitrogens with zero attached hydrogens (tertiary/aromatic N) is 4. The highest BCUT2D eigenvalue weighted by Gasteiger charge is 2.33. The van der Waals surface area contributed by atoms with Gasteiger partial charge in [0.05, 0.1) is 24.6 Å². The van der Waals surface area contributed by atoms with Gasteiger partial charge in [0.1, 0.15) is 6.10 Å². The van der Waals surface area contributed by atoms with Gasteiger partial charge in [-0.1, -0.05) is 6.07 Å². The van der Waals surface area contributed by atoms with Gasteiger partial charge in [0.2, 0.25) is 11.7 Å². The molecule has 0 bridgehead atoms. The minimum absolute atomic E-state index is 0.154. The molecule has 2 aromatic rings. The number of aryl methyl sites for hydroxylation is 1. The van der Waals surface area contributed by atoms with E-state index >= 15 is 0 Å². The largest absolute Gasteiger partial charge is 0.442 e. The van der Waals surface area contributed by atoms with E-state index in [2.05, 4.69) is 20.9 Å². The summed E-state index contributed by atoms with van der Waals surface area (Å²) in [4.78, 5) is 29.3. The van der Waals surface area contributed by atoms with Crippen LogP contribution in [0.4, 0.5) is 16.3 Å². The highest BCUT2D eigenvalue weighted by atomic mass is 16.6. The van der Waals surface area contributed by atoms with Crippen molar-refractivity contribution in [2.24, 2.45) is 10.8 Å². The number of pyridine rings is 1. The molecule has 3 rings (SSSR count). The number of cyclic esters (lactones) is 1. The second-order valence-corrected chi connectivity index (χ2v) is 7.01. The van der Waals surface area contributed by atoms with E-state index < -0.39 is 6.09 Å². The van der Waals surface area contributed by atoms with Gasteiger partial charge in [-0.2, -0.15) is 0 Å². The molecule has 10 nitrogen and oxygen atoms in total. The van der Waals surface area contributed by atoms with Crippen molar-refractivity contribution in [3.8, 4) is 11.1 Å². The zero-order chi connectivity index (χ0) is 21.7. The molecule has 2 heterocycles. The Hall–Kier alpha value is -3.66. The maximum absolute atomic E-state index is 12.3. The van der Waals surface area contributed by atoms with Crippen molar-refractivity contribution in [3.05, 3.63) is 47.6 Å². The van der Waals surface area contributed by atoms with E-state index in [9.17, 15) is 9.59 Å². The third-order valence-corrected chi connectivity index (χ3v) is 4.47. The van der Waals surface area contributed by atoms with Gasteiger partial charge in [-0.05, 0) is 43.2 Å². The second kappa shape index (κ2) is 9.23. The molecule has 10 heteroatoms. The number of quaternary nitrogens is 1. The molecule has 0 spiro atoms. The van der Waals surface area contributed by atoms with Crippen LogP contribution in [0, 0.1) is 6.92 Å². The summed E-state index contributed by atoms with van der Waals surface area (Å²) < 4.78 is 5.34. The fourth-order valence-electron chi connectivity index (χ4n) is 3.05. The minimum Gasteiger partial charge on any atom is -0.442 e. The third kappa shape index (κ3) is 5.23. The lowest BCUT2D eigenvalue weighted by Crippen LogP contribution is -2.72. The zero-order valence-corrected chi connectivity index (χ0v) is 17.1. The van der Waals surface area contributed by atoms with Crippen LogP contribution in [0.5, 0.6) is 0 Å². The molecular formula is C20H25N7O3. The smallest absolute Gasteiger partial charge is 0.414 e. The van der Waals surface area contributed by atoms with Gasteiger partial charge in [-0.25, -0.2) is 9.78 Å². The van der Waals surface area contributed by atoms with Gasteiger partial charge >= 0.3 is 6.09 Å². The van der Waals surface area contributed by atoms with Crippen molar-refractivity contribution < 1.29 is 19.8 Å². The molecule has 2 amide bonds. The molecule has 1 aliphatic rings. The summed E-state index contributed by atoms with van der Waals surface area (Å²) in [5, 5.41) is 6.43. The number of carbonyl (C=O) groups is 2. The number of amidine groups is 1. The molecule has 1 saturated heterocycles. The van der Waals surface area contributed by atoms with E-state index in [1.54, 1.807) is 18.0 Å². The Morgan fingerprint density at radius 1 is 1.37 bits per heavy atom. The van der Waals surface area contributed by atoms with E-state index in [1.807, 2.05) is 37.3 Å². The molecule has 0 saturated carbocycles. The fraction of sp³-hybridized carbons (Fsp3) is 0.300. The SMILES string of the molecule is CC(=O)NC[C@H]1CN(c2ccc(-c3ccc([NH2+][N-]/N=C(/C)N)nc3)cc2C)C(=O)O1. The number of nitrogens with two attached hydrogens (primary N) is 2. The molecule has 1 aliphatic heterocycles. The van der Waals surface area contributed by atoms with E-state index in [4.69, 9.17) is 10.5 Å². The number of hydrogen-bond acceptors (Lipinski definition) is 5. The molecule has 1 fully saturated rings. The van der Waals surface area contributed by atoms with Crippen LogP contribution in [0.25, 0.3) is 16.7 Å². The average molecular weight is 411 g/mol. The average Bonchev–Trinajstić information content (AvgIpc) is 3.07. The maximum Gasteiger partial charge on any atom is 0.414 e. The number of anilines is 1. The van der Waals surface area contributed by atoms with Crippen LogP contribution in [0.1, 0.15) is 19.4 Å². The summed E-state index contributed by atoms with van der Waals surface area (Å²) in [6, 6.07) is 9.60. The number of aromatic nitrogens is 1. The van der Waals surface area contributed by atoms with Crippen molar-refractivity contribution in [3.63, 3.8) is 0 Å². The highest BCUT2D eigenvalue weighted by Crippen LogP contribution is 2.29. The van der Waals surface area contributed by atoms with E-state index in [0.29, 0.717) is 24.7 Å². The molecule has 158 valence electrons. The molecule has 1 aromatic heterocycles. The molecule has 30 heavy (non-hydrogen) atoms. The lowest BCUT2D eigenvalue weighted by Gasteiger charge is -2.17. The lowest BCUT2D eigenvalue weighted by atomic mass is 10.0. The van der Waals surface area contributed by atoms with Crippen LogP contribution in [0.2, 0.25) is 0 Å². The molecule has 1 aromatic carbocycles. The molecular weight excluding hydrogens is 386 g/mol. The van der Waals surface area contributed by atoms with Crippen molar-refractivity contribution in [1.29, 1.82) is 0 Å².